The van der Waals surface area contributed by atoms with E-state index in [1.807, 2.05) is 30.3 Å². The van der Waals surface area contributed by atoms with Crippen LogP contribution in [0.2, 0.25) is 0 Å². The van der Waals surface area contributed by atoms with Gasteiger partial charge in [-0.15, -0.1) is 0 Å². The van der Waals surface area contributed by atoms with Crippen molar-refractivity contribution in [2.24, 2.45) is 0 Å². The van der Waals surface area contributed by atoms with Gasteiger partial charge in [0.2, 0.25) is 0 Å². The first-order valence-electron chi connectivity index (χ1n) is 8.39. The van der Waals surface area contributed by atoms with Crippen molar-refractivity contribution < 1.29 is 24.1 Å². The van der Waals surface area contributed by atoms with Crippen molar-refractivity contribution in [2.45, 2.75) is 25.2 Å². The molecule has 0 aliphatic carbocycles. The van der Waals surface area contributed by atoms with Crippen LogP contribution in [-0.2, 0) is 16.1 Å². The van der Waals surface area contributed by atoms with Crippen LogP contribution in [-0.4, -0.2) is 38.6 Å². The molecule has 1 aliphatic rings. The molecule has 5 heteroatoms. The van der Waals surface area contributed by atoms with Gasteiger partial charge in [-0.3, -0.25) is 0 Å². The molecule has 1 aliphatic heterocycles. The molecule has 2 unspecified atom stereocenters. The number of hydrogen-bond acceptors (Lipinski definition) is 5. The van der Waals surface area contributed by atoms with E-state index in [4.69, 9.17) is 18.9 Å². The van der Waals surface area contributed by atoms with E-state index in [-0.39, 0.29) is 6.10 Å². The molecule has 0 saturated carbocycles. The minimum Gasteiger partial charge on any atom is -0.493 e. The van der Waals surface area contributed by atoms with Gasteiger partial charge in [0.1, 0.15) is 6.10 Å². The molecule has 0 radical (unpaired) electrons. The van der Waals surface area contributed by atoms with E-state index in [0.29, 0.717) is 24.7 Å². The van der Waals surface area contributed by atoms with E-state index in [0.717, 1.165) is 29.7 Å². The van der Waals surface area contributed by atoms with Crippen molar-refractivity contribution in [1.82, 2.24) is 0 Å². The number of ether oxygens (including phenoxy) is 4. The number of rotatable bonds is 7. The molecule has 0 spiro atoms. The second-order valence-corrected chi connectivity index (χ2v) is 6.06. The molecule has 134 valence electrons. The summed E-state index contributed by atoms with van der Waals surface area (Å²) >= 11 is 0. The molecule has 2 atom stereocenters. The van der Waals surface area contributed by atoms with E-state index in [9.17, 15) is 5.11 Å². The lowest BCUT2D eigenvalue weighted by Gasteiger charge is -2.15. The Bertz CT molecular complexity index is 677. The van der Waals surface area contributed by atoms with Gasteiger partial charge in [-0.2, -0.15) is 0 Å². The first-order valence-corrected chi connectivity index (χ1v) is 8.39. The predicted molar refractivity (Wildman–Crippen MR) is 94.1 cm³/mol. The highest BCUT2D eigenvalue weighted by Crippen LogP contribution is 2.32. The summed E-state index contributed by atoms with van der Waals surface area (Å²) in [6.45, 7) is 2.01. The minimum atomic E-state index is -0.724. The second kappa shape index (κ2) is 8.34. The van der Waals surface area contributed by atoms with Gasteiger partial charge in [0.25, 0.3) is 0 Å². The summed E-state index contributed by atoms with van der Waals surface area (Å²) in [4.78, 5) is 0. The number of benzene rings is 2. The van der Waals surface area contributed by atoms with Crippen LogP contribution >= 0.6 is 0 Å². The van der Waals surface area contributed by atoms with Crippen LogP contribution in [0.15, 0.2) is 42.5 Å². The molecule has 2 aromatic carbocycles. The zero-order valence-corrected chi connectivity index (χ0v) is 14.6. The molecule has 0 bridgehead atoms. The maximum absolute atomic E-state index is 10.6. The summed E-state index contributed by atoms with van der Waals surface area (Å²) in [7, 11) is 3.17. The second-order valence-electron chi connectivity index (χ2n) is 6.06. The largest absolute Gasteiger partial charge is 0.493 e. The van der Waals surface area contributed by atoms with Gasteiger partial charge in [-0.1, -0.05) is 30.3 Å². The first kappa shape index (κ1) is 17.7. The third kappa shape index (κ3) is 4.31. The highest BCUT2D eigenvalue weighted by Gasteiger charge is 2.16. The molecule has 1 N–H and O–H groups in total. The van der Waals surface area contributed by atoms with Crippen molar-refractivity contribution in [1.29, 1.82) is 0 Å². The van der Waals surface area contributed by atoms with Gasteiger partial charge in [-0.25, -0.2) is 0 Å². The van der Waals surface area contributed by atoms with Crippen LogP contribution in [0.1, 0.15) is 29.2 Å². The van der Waals surface area contributed by atoms with Crippen LogP contribution in [0.3, 0.4) is 0 Å². The fraction of sp³-hybridized carbons (Fsp3) is 0.400. The summed E-state index contributed by atoms with van der Waals surface area (Å²) in [5.41, 5.74) is 2.65. The molecule has 5 nitrogen and oxygen atoms in total. The molecule has 1 fully saturated rings. The van der Waals surface area contributed by atoms with Gasteiger partial charge >= 0.3 is 0 Å². The van der Waals surface area contributed by atoms with Crippen LogP contribution in [0.4, 0.5) is 0 Å². The van der Waals surface area contributed by atoms with Crippen molar-refractivity contribution in [3.63, 3.8) is 0 Å². The van der Waals surface area contributed by atoms with E-state index >= 15 is 0 Å². The standard InChI is InChI=1S/C20H24O5/c1-22-18-8-7-16(11-19(18)23-2)20(21)15-5-3-14(4-6-15)12-25-17-9-10-24-13-17/h3-8,11,17,20-21H,9-10,12-13H2,1-2H3. The van der Waals surface area contributed by atoms with Crippen molar-refractivity contribution in [3.05, 3.63) is 59.2 Å². The summed E-state index contributed by atoms with van der Waals surface area (Å²) in [6, 6.07) is 13.2. The van der Waals surface area contributed by atoms with E-state index in [2.05, 4.69) is 0 Å². The van der Waals surface area contributed by atoms with E-state index in [1.165, 1.54) is 0 Å². The highest BCUT2D eigenvalue weighted by atomic mass is 16.5. The quantitative estimate of drug-likeness (QED) is 0.836. The van der Waals surface area contributed by atoms with E-state index in [1.54, 1.807) is 26.4 Å². The normalized spacial score (nSPS) is 18.1. The SMILES string of the molecule is COc1ccc(C(O)c2ccc(COC3CCOC3)cc2)cc1OC. The Kier molecular flexibility index (Phi) is 5.91. The van der Waals surface area contributed by atoms with Crippen LogP contribution in [0.25, 0.3) is 0 Å². The zero-order chi connectivity index (χ0) is 17.6. The van der Waals surface area contributed by atoms with Crippen molar-refractivity contribution in [2.75, 3.05) is 27.4 Å². The Morgan fingerprint density at radius 3 is 2.40 bits per heavy atom. The molecule has 25 heavy (non-hydrogen) atoms. The number of aliphatic hydroxyl groups excluding tert-OH is 1. The summed E-state index contributed by atoms with van der Waals surface area (Å²) in [6.07, 6.45) is 0.422. The Labute approximate surface area is 148 Å². The molecule has 0 aromatic heterocycles. The van der Waals surface area contributed by atoms with Crippen molar-refractivity contribution in [3.8, 4) is 11.5 Å². The lowest BCUT2D eigenvalue weighted by atomic mass is 10.00. The predicted octanol–water partition coefficient (Wildman–Crippen LogP) is 3.09. The Morgan fingerprint density at radius 2 is 1.76 bits per heavy atom. The minimum absolute atomic E-state index is 0.192. The lowest BCUT2D eigenvalue weighted by molar-refractivity contribution is 0.0317. The lowest BCUT2D eigenvalue weighted by Crippen LogP contribution is -2.11. The average molecular weight is 344 g/mol. The maximum atomic E-state index is 10.6. The Balaban J connectivity index is 1.66. The summed E-state index contributed by atoms with van der Waals surface area (Å²) in [5, 5.41) is 10.6. The van der Waals surface area contributed by atoms with Gasteiger partial charge in [0, 0.05) is 6.61 Å². The number of aliphatic hydroxyl groups is 1. The molecule has 0 amide bonds. The first-order chi connectivity index (χ1) is 12.2. The summed E-state index contributed by atoms with van der Waals surface area (Å²) in [5.74, 6) is 1.24. The maximum Gasteiger partial charge on any atom is 0.161 e. The number of hydrogen-bond donors (Lipinski definition) is 1. The van der Waals surface area contributed by atoms with Gasteiger partial charge in [0.15, 0.2) is 11.5 Å². The molecule has 3 rings (SSSR count). The Morgan fingerprint density at radius 1 is 1.04 bits per heavy atom. The average Bonchev–Trinajstić information content (AvgIpc) is 3.19. The van der Waals surface area contributed by atoms with Crippen molar-refractivity contribution >= 4 is 0 Å². The van der Waals surface area contributed by atoms with E-state index < -0.39 is 6.10 Å². The molecular weight excluding hydrogens is 320 g/mol. The Hall–Kier alpha value is -2.08. The smallest absolute Gasteiger partial charge is 0.161 e. The molecule has 2 aromatic rings. The third-order valence-electron chi connectivity index (χ3n) is 4.39. The van der Waals surface area contributed by atoms with Crippen LogP contribution < -0.4 is 9.47 Å². The summed E-state index contributed by atoms with van der Waals surface area (Å²) < 4.78 is 21.6. The van der Waals surface area contributed by atoms with Gasteiger partial charge in [0.05, 0.1) is 33.5 Å². The fourth-order valence-corrected chi connectivity index (χ4v) is 2.87. The topological polar surface area (TPSA) is 57.2 Å². The fourth-order valence-electron chi connectivity index (χ4n) is 2.87. The molecular formula is C20H24O5. The highest BCUT2D eigenvalue weighted by molar-refractivity contribution is 5.45. The number of methoxy groups -OCH3 is 2. The van der Waals surface area contributed by atoms with Crippen LogP contribution in [0.5, 0.6) is 11.5 Å². The third-order valence-corrected chi connectivity index (χ3v) is 4.39. The molecule has 1 heterocycles. The van der Waals surface area contributed by atoms with Crippen LogP contribution in [0, 0.1) is 0 Å². The van der Waals surface area contributed by atoms with Gasteiger partial charge < -0.3 is 24.1 Å². The molecule has 1 saturated heterocycles. The van der Waals surface area contributed by atoms with Gasteiger partial charge in [-0.05, 0) is 35.2 Å². The monoisotopic (exact) mass is 344 g/mol. The zero-order valence-electron chi connectivity index (χ0n) is 14.6.